The first-order chi connectivity index (χ1) is 59.7. The molecule has 0 spiro atoms. The summed E-state index contributed by atoms with van der Waals surface area (Å²) in [6, 6.07) is 51.2. The van der Waals surface area contributed by atoms with Crippen LogP contribution in [0.25, 0.3) is 33.8 Å². The van der Waals surface area contributed by atoms with E-state index in [9.17, 15) is 57.5 Å². The lowest BCUT2D eigenvalue weighted by atomic mass is 9.88. The molecule has 8 aliphatic rings. The predicted molar refractivity (Wildman–Crippen MR) is 445 cm³/mol. The van der Waals surface area contributed by atoms with Crippen LogP contribution >= 0.6 is 0 Å². The Bertz CT molecular complexity index is 6030. The zero-order chi connectivity index (χ0) is 87.1. The number of amides is 16. The number of urea groups is 4. The number of nitrogen functional groups attached to an aromatic ring is 2. The summed E-state index contributed by atoms with van der Waals surface area (Å²) >= 11 is 0. The van der Waals surface area contributed by atoms with Crippen LogP contribution in [0.1, 0.15) is 97.3 Å². The molecule has 4 fully saturated rings. The van der Waals surface area contributed by atoms with Crippen molar-refractivity contribution < 1.29 is 71.7 Å². The maximum Gasteiger partial charge on any atom is 0.322 e. The summed E-state index contributed by atoms with van der Waals surface area (Å²) in [5.74, 6) is -0.429. The lowest BCUT2D eigenvalue weighted by molar-refractivity contribution is -0.125. The largest absolute Gasteiger partial charge is 0.497 e. The molecule has 4 atom stereocenters. The van der Waals surface area contributed by atoms with Gasteiger partial charge in [-0.05, 0) is 101 Å². The van der Waals surface area contributed by atoms with E-state index < -0.39 is 69.9 Å². The van der Waals surface area contributed by atoms with E-state index in [2.05, 4.69) is 72.4 Å². The molecule has 124 heavy (non-hydrogen) atoms. The molecule has 35 heteroatoms. The minimum Gasteiger partial charge on any atom is -0.497 e. The van der Waals surface area contributed by atoms with Crippen LogP contribution in [0.3, 0.4) is 0 Å². The van der Waals surface area contributed by atoms with E-state index in [1.165, 1.54) is 26.6 Å². The van der Waals surface area contributed by atoms with Crippen molar-refractivity contribution in [2.45, 2.75) is 62.2 Å². The number of nitrogens with two attached hydrogens (primary N) is 2. The van der Waals surface area contributed by atoms with E-state index in [-0.39, 0.29) is 49.8 Å². The van der Waals surface area contributed by atoms with Crippen molar-refractivity contribution in [3.8, 4) is 51.0 Å². The third-order valence-corrected chi connectivity index (χ3v) is 22.6. The molecule has 11 aromatic rings. The Morgan fingerprint density at radius 1 is 0.339 bits per heavy atom. The van der Waals surface area contributed by atoms with Gasteiger partial charge >= 0.3 is 24.1 Å². The number of carbonyl (C=O) groups excluding carboxylic acids is 12. The van der Waals surface area contributed by atoms with Crippen molar-refractivity contribution in [2.75, 3.05) is 59.0 Å². The van der Waals surface area contributed by atoms with E-state index in [0.717, 1.165) is 56.0 Å². The van der Waals surface area contributed by atoms with E-state index >= 15 is 0 Å². The molecule has 35 nitrogen and oxygen atoms in total. The Hall–Kier alpha value is -16.4. The first-order valence-corrected chi connectivity index (χ1v) is 38.8. The Labute approximate surface area is 706 Å². The van der Waals surface area contributed by atoms with Crippen molar-refractivity contribution in [1.29, 1.82) is 0 Å². The van der Waals surface area contributed by atoms with Crippen molar-refractivity contribution in [3.05, 3.63) is 291 Å². The maximum absolute atomic E-state index is 13.1. The summed E-state index contributed by atoms with van der Waals surface area (Å²) in [7, 11) is 4.61. The van der Waals surface area contributed by atoms with Crippen LogP contribution in [-0.4, -0.2) is 168 Å². The molecule has 0 unspecified atom stereocenters. The summed E-state index contributed by atoms with van der Waals surface area (Å²) < 4.78 is 15.7. The zero-order valence-corrected chi connectivity index (χ0v) is 67.1. The van der Waals surface area contributed by atoms with Gasteiger partial charge in [-0.15, -0.1) is 0 Å². The third-order valence-electron chi connectivity index (χ3n) is 22.6. The average molecular weight is 1670 g/mol. The molecule has 3 aromatic heterocycles. The SMILES string of the molecule is COc1ccc2c(c1)C(=O)N(C[C@@]1(c3ccc(-c4cnc(N)cn4)cc3)NC(=O)NC1=O)C2.COc1ccc2c(c1)C(=O)N(C[C@]1(c3ccc(-c4cnc(N)cn4)cc3)NC(=O)NC1=O)C2.COc1ccc2c(c1)C(=O)N(C[C@]1(c3ccc(-c4nc(C)cnc4C)cc3)NC(=O)NC1=O)C2.O=C1NC(=O)[C@](CN2Cc3ccccc3C2=O)(c2ccccc2)N1. The third kappa shape index (κ3) is 15.3. The van der Waals surface area contributed by atoms with Gasteiger partial charge < -0.3 is 66.5 Å². The minimum atomic E-state index is -1.43. The second-order valence-electron chi connectivity index (χ2n) is 30.3. The Morgan fingerprint density at radius 3 is 0.968 bits per heavy atom. The first-order valence-electron chi connectivity index (χ1n) is 38.8. The fourth-order valence-electron chi connectivity index (χ4n) is 16.2. The highest BCUT2D eigenvalue weighted by atomic mass is 16.5. The maximum atomic E-state index is 13.1. The molecular formula is C89H78N20O15. The highest BCUT2D eigenvalue weighted by molar-refractivity contribution is 6.12. The molecule has 0 saturated carbocycles. The molecule has 4 saturated heterocycles. The molecule has 19 rings (SSSR count). The summed E-state index contributed by atoms with van der Waals surface area (Å²) in [6.45, 7) is 5.18. The molecule has 0 radical (unpaired) electrons. The lowest BCUT2D eigenvalue weighted by Crippen LogP contribution is -2.52. The number of nitrogens with zero attached hydrogens (tertiary/aromatic N) is 10. The van der Waals surface area contributed by atoms with Crippen LogP contribution in [0.5, 0.6) is 17.2 Å². The van der Waals surface area contributed by atoms with Gasteiger partial charge in [-0.25, -0.2) is 34.1 Å². The van der Waals surface area contributed by atoms with Gasteiger partial charge in [0.25, 0.3) is 47.3 Å². The van der Waals surface area contributed by atoms with Gasteiger partial charge in [-0.2, -0.15) is 0 Å². The van der Waals surface area contributed by atoms with Gasteiger partial charge in [0.05, 0.1) is 101 Å². The lowest BCUT2D eigenvalue weighted by Gasteiger charge is -2.31. The number of benzene rings is 8. The van der Waals surface area contributed by atoms with Crippen LogP contribution in [0.4, 0.5) is 30.8 Å². The van der Waals surface area contributed by atoms with Gasteiger partial charge in [0, 0.05) is 71.3 Å². The monoisotopic (exact) mass is 1670 g/mol. The quantitative estimate of drug-likeness (QED) is 0.0400. The van der Waals surface area contributed by atoms with Gasteiger partial charge in [0.1, 0.15) is 28.9 Å². The topological polar surface area (TPSA) is 471 Å². The summed E-state index contributed by atoms with van der Waals surface area (Å²) in [5, 5.41) is 20.2. The number of aromatic nitrogens is 6. The number of nitrogens with one attached hydrogen (secondary N) is 8. The Kier molecular flexibility index (Phi) is 21.5. The molecular weight excluding hydrogens is 1590 g/mol. The molecule has 11 heterocycles. The van der Waals surface area contributed by atoms with E-state index in [4.69, 9.17) is 25.7 Å². The molecule has 8 aromatic carbocycles. The van der Waals surface area contributed by atoms with Crippen molar-refractivity contribution in [1.82, 2.24) is 92.0 Å². The fraction of sp³-hybridized carbons (Fsp3) is 0.191. The number of carbonyl (C=O) groups is 12. The van der Waals surface area contributed by atoms with Gasteiger partial charge in [-0.1, -0.05) is 140 Å². The normalized spacial score (nSPS) is 19.8. The van der Waals surface area contributed by atoms with Crippen LogP contribution in [0.15, 0.2) is 213 Å². The minimum absolute atomic E-state index is 0.0109. The molecule has 0 bridgehead atoms. The number of fused-ring (bicyclic) bond motifs is 4. The van der Waals surface area contributed by atoms with Gasteiger partial charge in [-0.3, -0.25) is 74.6 Å². The van der Waals surface area contributed by atoms with Crippen molar-refractivity contribution in [2.24, 2.45) is 0 Å². The first kappa shape index (κ1) is 81.4. The molecule has 8 aliphatic heterocycles. The van der Waals surface area contributed by atoms with E-state index in [1.54, 1.807) is 173 Å². The molecule has 0 aliphatic carbocycles. The summed E-state index contributed by atoms with van der Waals surface area (Å²) in [4.78, 5) is 183. The second-order valence-corrected chi connectivity index (χ2v) is 30.3. The van der Waals surface area contributed by atoms with Crippen LogP contribution in [0, 0.1) is 13.8 Å². The number of hydrogen-bond donors (Lipinski definition) is 10. The molecule has 16 amide bonds. The molecule has 12 N–H and O–H groups in total. The second kappa shape index (κ2) is 32.7. The number of ether oxygens (including phenoxy) is 3. The predicted octanol–water partition coefficient (Wildman–Crippen LogP) is 6.69. The standard InChI is InChI=1S/C25H23N5O4.2C23H20N6O4.C18H15N3O3/c1-14-11-26-15(2)21(27-14)16-4-7-18(8-5-16)25(23(32)28-24(33)29-25)13-30-12-17-6-9-19(34-3)10-20(17)22(30)31;2*1-33-16-7-4-14-11-29(20(30)17(14)8-16)12-23(21(31)27-22(32)28-23)15-5-2-13(3-6-15)18-9-26-19(24)10-25-18;22-15-14-9-5-4-6-12(14)10-21(15)11-18(13-7-2-1-3-8-13)16(23)19-17(24)20-18/h4-11H,12-13H2,1-3H3,(H2,28,29,32,33);2*2-10H,11-12H2,1H3,(H2,24,26)(H2,27,28,31,32);1-9H,10-11H2,(H2,19,20,23,24)/t25-;2*23-;18-/m1100/s1. The number of anilines is 2. The van der Waals surface area contributed by atoms with Gasteiger partial charge in [0.15, 0.2) is 22.2 Å². The number of methoxy groups -OCH3 is 3. The molecule has 624 valence electrons. The Balaban J connectivity index is 0.000000123. The highest BCUT2D eigenvalue weighted by Crippen LogP contribution is 2.40. The number of imide groups is 4. The highest BCUT2D eigenvalue weighted by Gasteiger charge is 2.55. The summed E-state index contributed by atoms with van der Waals surface area (Å²) in [5.41, 5.74) is 19.5. The smallest absolute Gasteiger partial charge is 0.322 e. The van der Waals surface area contributed by atoms with E-state index in [0.29, 0.717) is 111 Å². The number of aryl methyl sites for hydroxylation is 2. The fourth-order valence-corrected chi connectivity index (χ4v) is 16.2. The average Bonchev–Trinajstić information content (AvgIpc) is 1.60. The number of hydrogen-bond acceptors (Lipinski definition) is 23. The Morgan fingerprint density at radius 2 is 0.653 bits per heavy atom. The van der Waals surface area contributed by atoms with Crippen LogP contribution in [0.2, 0.25) is 0 Å². The summed E-state index contributed by atoms with van der Waals surface area (Å²) in [6.07, 6.45) is 7.74. The van der Waals surface area contributed by atoms with E-state index in [1.807, 2.05) is 68.4 Å². The zero-order valence-electron chi connectivity index (χ0n) is 67.1. The van der Waals surface area contributed by atoms with Crippen LogP contribution < -0.4 is 68.2 Å². The van der Waals surface area contributed by atoms with Crippen LogP contribution in [-0.2, 0) is 67.5 Å². The van der Waals surface area contributed by atoms with Gasteiger partial charge in [0.2, 0.25) is 0 Å². The van der Waals surface area contributed by atoms with Crippen molar-refractivity contribution in [3.63, 3.8) is 0 Å². The van der Waals surface area contributed by atoms with Crippen molar-refractivity contribution >= 4 is 83.0 Å². The number of rotatable bonds is 18.